The van der Waals surface area contributed by atoms with E-state index < -0.39 is 5.97 Å². The van der Waals surface area contributed by atoms with Gasteiger partial charge >= 0.3 is 5.97 Å². The highest BCUT2D eigenvalue weighted by Gasteiger charge is 2.13. The van der Waals surface area contributed by atoms with Gasteiger partial charge in [0.25, 0.3) is 0 Å². The number of aromatic nitrogens is 1. The molecule has 0 bridgehead atoms. The lowest BCUT2D eigenvalue weighted by Crippen LogP contribution is -2.07. The Morgan fingerprint density at radius 1 is 1.26 bits per heavy atom. The van der Waals surface area contributed by atoms with E-state index in [2.05, 4.69) is 37.3 Å². The Morgan fingerprint density at radius 2 is 2.11 bits per heavy atom. The molecule has 3 aromatic rings. The molecule has 3 rings (SSSR count). The van der Waals surface area contributed by atoms with Gasteiger partial charge in [0, 0.05) is 30.3 Å². The molecule has 1 aromatic carbocycles. The van der Waals surface area contributed by atoms with E-state index in [1.807, 2.05) is 18.2 Å². The average Bonchev–Trinajstić information content (AvgIpc) is 3.29. The minimum atomic E-state index is -0.518. The minimum Gasteiger partial charge on any atom is -0.457 e. The van der Waals surface area contributed by atoms with Crippen molar-refractivity contribution >= 4 is 16.9 Å². The molecule has 0 N–H and O–H groups in total. The topological polar surface area (TPSA) is 53.6 Å². The van der Waals surface area contributed by atoms with Gasteiger partial charge in [-0.05, 0) is 42.7 Å². The zero-order valence-corrected chi connectivity index (χ0v) is 15.9. The number of aryl methyl sites for hydroxylation is 2. The molecular formula is C22H25NO4. The van der Waals surface area contributed by atoms with Gasteiger partial charge in [0.05, 0.1) is 5.69 Å². The highest BCUT2D eigenvalue weighted by atomic mass is 16.7. The van der Waals surface area contributed by atoms with Gasteiger partial charge in [0.15, 0.2) is 5.76 Å². The van der Waals surface area contributed by atoms with E-state index >= 15 is 0 Å². The summed E-state index contributed by atoms with van der Waals surface area (Å²) < 4.78 is 18.6. The third-order valence-electron chi connectivity index (χ3n) is 4.45. The quantitative estimate of drug-likeness (QED) is 0.291. The van der Waals surface area contributed by atoms with Crippen molar-refractivity contribution in [3.05, 3.63) is 54.7 Å². The van der Waals surface area contributed by atoms with Gasteiger partial charge in [-0.3, -0.25) is 0 Å². The first-order chi connectivity index (χ1) is 13.1. The van der Waals surface area contributed by atoms with Crippen LogP contribution in [-0.4, -0.2) is 17.3 Å². The molecular weight excluding hydrogens is 342 g/mol. The molecule has 0 amide bonds. The number of esters is 1. The van der Waals surface area contributed by atoms with Crippen LogP contribution in [0.1, 0.15) is 32.3 Å². The number of unbranched alkanes of at least 4 members (excludes halogenated alkanes) is 1. The maximum Gasteiger partial charge on any atom is 0.333 e. The maximum absolute atomic E-state index is 11.1. The Morgan fingerprint density at radius 3 is 2.85 bits per heavy atom. The van der Waals surface area contributed by atoms with Crippen LogP contribution < -0.4 is 4.74 Å². The largest absolute Gasteiger partial charge is 0.457 e. The zero-order chi connectivity index (χ0) is 19.2. The van der Waals surface area contributed by atoms with Crippen LogP contribution in [-0.2, 0) is 22.5 Å². The Kier molecular flexibility index (Phi) is 6.01. The van der Waals surface area contributed by atoms with Crippen molar-refractivity contribution in [2.24, 2.45) is 0 Å². The van der Waals surface area contributed by atoms with Crippen molar-refractivity contribution in [2.75, 3.05) is 6.79 Å². The van der Waals surface area contributed by atoms with Crippen LogP contribution in [0.15, 0.2) is 53.6 Å². The van der Waals surface area contributed by atoms with Gasteiger partial charge in [-0.25, -0.2) is 4.79 Å². The first-order valence-electron chi connectivity index (χ1n) is 9.29. The number of fused-ring (bicyclic) bond motifs is 1. The number of ether oxygens (including phenoxy) is 2. The van der Waals surface area contributed by atoms with Gasteiger partial charge in [-0.1, -0.05) is 26.8 Å². The molecule has 0 saturated carbocycles. The minimum absolute atomic E-state index is 0.163. The van der Waals surface area contributed by atoms with Crippen molar-refractivity contribution in [3.8, 4) is 17.2 Å². The summed E-state index contributed by atoms with van der Waals surface area (Å²) in [5.41, 5.74) is 3.13. The fourth-order valence-electron chi connectivity index (χ4n) is 2.93. The monoisotopic (exact) mass is 367 g/mol. The number of rotatable bonds is 9. The molecule has 2 aromatic heterocycles. The molecule has 0 aliphatic carbocycles. The number of carbonyl (C=O) groups excluding carboxylic acids is 1. The predicted molar refractivity (Wildman–Crippen MR) is 106 cm³/mol. The molecule has 0 atom stereocenters. The molecule has 27 heavy (non-hydrogen) atoms. The fourth-order valence-corrected chi connectivity index (χ4v) is 2.93. The molecule has 5 nitrogen and oxygen atoms in total. The van der Waals surface area contributed by atoms with Gasteiger partial charge < -0.3 is 18.5 Å². The van der Waals surface area contributed by atoms with Crippen molar-refractivity contribution in [1.82, 2.24) is 4.57 Å². The molecule has 2 heterocycles. The summed E-state index contributed by atoms with van der Waals surface area (Å²) in [5.74, 6) is 0.905. The molecule has 0 spiro atoms. The third kappa shape index (κ3) is 4.42. The lowest BCUT2D eigenvalue weighted by Gasteiger charge is -2.06. The van der Waals surface area contributed by atoms with Crippen LogP contribution in [0, 0.1) is 0 Å². The van der Waals surface area contributed by atoms with Gasteiger partial charge in [0.2, 0.25) is 6.79 Å². The highest BCUT2D eigenvalue weighted by Crippen LogP contribution is 2.31. The van der Waals surface area contributed by atoms with Crippen LogP contribution in [0.2, 0.25) is 0 Å². The normalized spacial score (nSPS) is 10.9. The lowest BCUT2D eigenvalue weighted by molar-refractivity contribution is -0.144. The maximum atomic E-state index is 11.1. The second-order valence-corrected chi connectivity index (χ2v) is 6.37. The smallest absolute Gasteiger partial charge is 0.333 e. The summed E-state index contributed by atoms with van der Waals surface area (Å²) in [5, 5.41) is 1.00. The van der Waals surface area contributed by atoms with Crippen LogP contribution in [0.25, 0.3) is 22.4 Å². The van der Waals surface area contributed by atoms with E-state index in [1.165, 1.54) is 5.56 Å². The number of benzene rings is 1. The third-order valence-corrected chi connectivity index (χ3v) is 4.45. The van der Waals surface area contributed by atoms with Crippen molar-refractivity contribution < 1.29 is 18.7 Å². The fraction of sp³-hybridized carbons (Fsp3) is 0.318. The predicted octanol–water partition coefficient (Wildman–Crippen LogP) is 5.33. The van der Waals surface area contributed by atoms with E-state index in [9.17, 15) is 4.79 Å². The van der Waals surface area contributed by atoms with Crippen molar-refractivity contribution in [1.29, 1.82) is 0 Å². The molecule has 142 valence electrons. The van der Waals surface area contributed by atoms with Crippen molar-refractivity contribution in [3.63, 3.8) is 0 Å². The van der Waals surface area contributed by atoms with Crippen LogP contribution in [0.5, 0.6) is 5.75 Å². The Balaban J connectivity index is 1.83. The highest BCUT2D eigenvalue weighted by molar-refractivity contribution is 5.83. The molecule has 0 saturated heterocycles. The number of nitrogens with zero attached hydrogens (tertiary/aromatic N) is 1. The first kappa shape index (κ1) is 18.8. The van der Waals surface area contributed by atoms with Crippen LogP contribution in [0.4, 0.5) is 0 Å². The summed E-state index contributed by atoms with van der Waals surface area (Å²) in [6.45, 7) is 8.51. The average molecular weight is 367 g/mol. The van der Waals surface area contributed by atoms with E-state index in [4.69, 9.17) is 13.9 Å². The summed E-state index contributed by atoms with van der Waals surface area (Å²) in [7, 11) is 0. The summed E-state index contributed by atoms with van der Waals surface area (Å²) in [4.78, 5) is 11.1. The van der Waals surface area contributed by atoms with E-state index in [0.717, 1.165) is 54.3 Å². The summed E-state index contributed by atoms with van der Waals surface area (Å²) in [6, 6.07) is 9.82. The molecule has 0 radical (unpaired) electrons. The Hall–Kier alpha value is -2.95. The van der Waals surface area contributed by atoms with Crippen LogP contribution in [0.3, 0.4) is 0 Å². The number of hydrogen-bond donors (Lipinski definition) is 0. The number of hydrogen-bond acceptors (Lipinski definition) is 4. The lowest BCUT2D eigenvalue weighted by atomic mass is 10.2. The Bertz CT molecular complexity index is 935. The second kappa shape index (κ2) is 8.62. The van der Waals surface area contributed by atoms with Gasteiger partial charge in [0.1, 0.15) is 11.3 Å². The van der Waals surface area contributed by atoms with Gasteiger partial charge in [-0.15, -0.1) is 0 Å². The summed E-state index contributed by atoms with van der Waals surface area (Å²) in [6.07, 6.45) is 6.58. The standard InChI is InChI=1S/C22H25NO4/c1-4-7-10-23-14-16(5-2)11-19(23)21-12-17-8-9-18(13-20(17)27-21)25-15-26-22(24)6-3/h6,8-9,11-14H,3-5,7,10,15H2,1-2H3. The number of carbonyl (C=O) groups is 1. The molecule has 0 fully saturated rings. The van der Waals surface area contributed by atoms with Gasteiger partial charge in [-0.2, -0.15) is 0 Å². The first-order valence-corrected chi connectivity index (χ1v) is 9.29. The molecule has 5 heteroatoms. The summed E-state index contributed by atoms with van der Waals surface area (Å²) >= 11 is 0. The van der Waals surface area contributed by atoms with E-state index in [1.54, 1.807) is 6.07 Å². The molecule has 0 aliphatic rings. The van der Waals surface area contributed by atoms with E-state index in [-0.39, 0.29) is 6.79 Å². The second-order valence-electron chi connectivity index (χ2n) is 6.37. The number of furan rings is 1. The molecule has 0 unspecified atom stereocenters. The molecule has 0 aliphatic heterocycles. The zero-order valence-electron chi connectivity index (χ0n) is 15.9. The van der Waals surface area contributed by atoms with Crippen molar-refractivity contribution in [2.45, 2.75) is 39.7 Å². The van der Waals surface area contributed by atoms with E-state index in [0.29, 0.717) is 5.75 Å². The SMILES string of the molecule is C=CC(=O)OCOc1ccc2cc(-c3cc(CC)cn3CCCC)oc2c1. The Labute approximate surface area is 159 Å². The van der Waals surface area contributed by atoms with Crippen LogP contribution >= 0.6 is 0 Å².